The molecule has 24 heteroatoms. The van der Waals surface area contributed by atoms with Crippen LogP contribution in [-0.2, 0) is 46.4 Å². The molecule has 0 aliphatic carbocycles. The van der Waals surface area contributed by atoms with Gasteiger partial charge in [-0.1, -0.05) is 0 Å². The highest BCUT2D eigenvalue weighted by Crippen LogP contribution is 2.61. The van der Waals surface area contributed by atoms with E-state index < -0.39 is 81.4 Å². The maximum absolute atomic E-state index is 12.1. The zero-order chi connectivity index (χ0) is 31.3. The van der Waals surface area contributed by atoms with Crippen LogP contribution in [0.3, 0.4) is 0 Å². The molecule has 2 unspecified atom stereocenters. The van der Waals surface area contributed by atoms with Crippen LogP contribution in [0.4, 0.5) is 11.6 Å². The molecule has 10 atom stereocenters. The number of ether oxygens (including phenoxy) is 2. The number of fused-ring (bicyclic) bond motifs is 1. The van der Waals surface area contributed by atoms with Crippen molar-refractivity contribution in [1.82, 2.24) is 29.1 Å². The Balaban J connectivity index is 1.16. The lowest BCUT2D eigenvalue weighted by molar-refractivity contribution is -0.0532. The average Bonchev–Trinajstić information content (AvgIpc) is 3.57. The fraction of sp³-hybridized carbons (Fsp3) is 0.526. The van der Waals surface area contributed by atoms with Crippen LogP contribution < -0.4 is 17.2 Å². The number of nitrogens with two attached hydrogens (primary N) is 2. The van der Waals surface area contributed by atoms with Gasteiger partial charge in [-0.15, -0.1) is 0 Å². The molecule has 3 aromatic rings. The number of rotatable bonds is 10. The van der Waals surface area contributed by atoms with Gasteiger partial charge in [-0.2, -0.15) is 4.98 Å². The first kappa shape index (κ1) is 32.3. The molecular weight excluding hydrogens is 658 g/mol. The topological polar surface area (TPSA) is 298 Å². The van der Waals surface area contributed by atoms with Gasteiger partial charge in [-0.3, -0.25) is 9.13 Å². The lowest BCUT2D eigenvalue weighted by Gasteiger charge is -2.24. The third kappa shape index (κ3) is 6.78. The van der Waals surface area contributed by atoms with Gasteiger partial charge in [0.15, 0.2) is 23.9 Å². The van der Waals surface area contributed by atoms with Gasteiger partial charge in [0.05, 0.1) is 19.5 Å². The highest BCUT2D eigenvalue weighted by atomic mass is 32.5. The van der Waals surface area contributed by atoms with E-state index in [-0.39, 0.29) is 22.8 Å². The van der Waals surface area contributed by atoms with Crippen molar-refractivity contribution in [1.29, 1.82) is 0 Å². The van der Waals surface area contributed by atoms with E-state index in [0.29, 0.717) is 0 Å². The van der Waals surface area contributed by atoms with Gasteiger partial charge >= 0.3 is 19.1 Å². The molecule has 0 bridgehead atoms. The van der Waals surface area contributed by atoms with Crippen LogP contribution in [0.25, 0.3) is 11.2 Å². The lowest BCUT2D eigenvalue weighted by Crippen LogP contribution is -2.36. The first-order valence-electron chi connectivity index (χ1n) is 12.1. The summed E-state index contributed by atoms with van der Waals surface area (Å²) in [6.07, 6.45) is -7.59. The van der Waals surface area contributed by atoms with E-state index in [1.54, 1.807) is 0 Å². The monoisotopic (exact) mass is 684 g/mol. The summed E-state index contributed by atoms with van der Waals surface area (Å²) in [5.41, 5.74) is 10.9. The normalized spacial score (nSPS) is 32.1. The molecule has 0 saturated carbocycles. The van der Waals surface area contributed by atoms with E-state index in [1.165, 1.54) is 29.5 Å². The Morgan fingerprint density at radius 1 is 0.884 bits per heavy atom. The Kier molecular flexibility index (Phi) is 9.27. The fourth-order valence-corrected chi connectivity index (χ4v) is 8.84. The van der Waals surface area contributed by atoms with Crippen molar-refractivity contribution in [3.8, 4) is 0 Å². The summed E-state index contributed by atoms with van der Waals surface area (Å²) in [7, 11) is 0. The summed E-state index contributed by atoms with van der Waals surface area (Å²) in [4.78, 5) is 48.5. The van der Waals surface area contributed by atoms with Crippen LogP contribution in [0.1, 0.15) is 12.5 Å². The molecule has 5 rings (SSSR count). The average molecular weight is 685 g/mol. The van der Waals surface area contributed by atoms with Gasteiger partial charge in [0.2, 0.25) is 0 Å². The van der Waals surface area contributed by atoms with Gasteiger partial charge in [0, 0.05) is 6.20 Å². The van der Waals surface area contributed by atoms with Crippen molar-refractivity contribution < 1.29 is 53.0 Å². The van der Waals surface area contributed by atoms with Crippen LogP contribution in [0.5, 0.6) is 0 Å². The standard InChI is InChI=1S/C19H26N8O12P2S2/c20-9-1-2-26(19(32)25-9)17-13(30)11(28)7(37-17)3-35-40(33,42)39-41(34,43)36-4-8-12(29)14(31)18(38-8)27-6-24-10-15(21)22-5-23-16(10)27/h1-2,5-8,11-14,17-18,28-31H,3-4H2,(H,33,42)(H,34,43)(H2,20,25,32)(H2,21,22,23)/t7-,8-,11-,12-,13-,14-,17-,18-,40?,41?/m1/s1. The number of aliphatic hydroxyl groups excluding tert-OH is 4. The van der Waals surface area contributed by atoms with E-state index in [0.717, 1.165) is 4.57 Å². The first-order valence-corrected chi connectivity index (χ1v) is 17.3. The zero-order valence-electron chi connectivity index (χ0n) is 21.5. The lowest BCUT2D eigenvalue weighted by atomic mass is 10.1. The molecule has 2 aliphatic rings. The summed E-state index contributed by atoms with van der Waals surface area (Å²) >= 11 is 9.78. The quantitative estimate of drug-likeness (QED) is 0.0985. The molecule has 0 amide bonds. The van der Waals surface area contributed by atoms with E-state index in [2.05, 4.69) is 19.9 Å². The SMILES string of the molecule is Nc1ccn([C@@H]2O[C@H](COP(O)(=S)OP(O)(=S)OC[C@H]3O[C@@H](n4cnc5c(N)ncnc54)[C@H](O)[C@@H]3O)[C@@H](O)[C@H]2O)c(=O)n1. The molecule has 5 heterocycles. The second-order valence-electron chi connectivity index (χ2n) is 9.33. The Morgan fingerprint density at radius 3 is 2.00 bits per heavy atom. The maximum Gasteiger partial charge on any atom is 0.351 e. The Morgan fingerprint density at radius 2 is 1.44 bits per heavy atom. The molecule has 2 fully saturated rings. The zero-order valence-corrected chi connectivity index (χ0v) is 24.9. The van der Waals surface area contributed by atoms with E-state index in [1.807, 2.05) is 0 Å². The second-order valence-corrected chi connectivity index (χ2v) is 15.1. The van der Waals surface area contributed by atoms with Crippen molar-refractivity contribution in [3.05, 3.63) is 35.4 Å². The Bertz CT molecular complexity index is 1650. The van der Waals surface area contributed by atoms with Crippen LogP contribution >= 0.6 is 13.4 Å². The smallest absolute Gasteiger partial charge is 0.351 e. The second kappa shape index (κ2) is 12.4. The van der Waals surface area contributed by atoms with E-state index in [9.17, 15) is 35.0 Å². The third-order valence-corrected chi connectivity index (χ3v) is 10.9. The molecule has 10 N–H and O–H groups in total. The summed E-state index contributed by atoms with van der Waals surface area (Å²) in [5.74, 6) is 0.0306. The molecule has 43 heavy (non-hydrogen) atoms. The van der Waals surface area contributed by atoms with Crippen molar-refractivity contribution in [2.75, 3.05) is 24.7 Å². The number of nitrogens with zero attached hydrogens (tertiary/aromatic N) is 6. The Hall–Kier alpha value is -2.11. The molecule has 236 valence electrons. The largest absolute Gasteiger partial charge is 0.387 e. The molecule has 3 aromatic heterocycles. The maximum atomic E-state index is 12.1. The summed E-state index contributed by atoms with van der Waals surface area (Å²) in [6.45, 7) is -9.95. The van der Waals surface area contributed by atoms with Gasteiger partial charge in [0.1, 0.15) is 54.3 Å². The fourth-order valence-electron chi connectivity index (χ4n) is 4.38. The molecule has 0 radical (unpaired) electrons. The molecule has 2 saturated heterocycles. The minimum absolute atomic E-state index is 0.0632. The predicted molar refractivity (Wildman–Crippen MR) is 150 cm³/mol. The molecule has 0 aromatic carbocycles. The molecule has 2 aliphatic heterocycles. The van der Waals surface area contributed by atoms with Gasteiger partial charge in [-0.05, 0) is 29.7 Å². The number of aromatic nitrogens is 6. The summed E-state index contributed by atoms with van der Waals surface area (Å²) < 4.78 is 28.7. The van der Waals surface area contributed by atoms with Gasteiger partial charge < -0.3 is 60.2 Å². The number of hydrogen-bond acceptors (Lipinski definition) is 18. The van der Waals surface area contributed by atoms with Crippen LogP contribution in [0, 0.1) is 0 Å². The van der Waals surface area contributed by atoms with Gasteiger partial charge in [0.25, 0.3) is 0 Å². The highest BCUT2D eigenvalue weighted by molar-refractivity contribution is 8.14. The van der Waals surface area contributed by atoms with Crippen LogP contribution in [0.2, 0.25) is 0 Å². The third-order valence-electron chi connectivity index (χ3n) is 6.47. The van der Waals surface area contributed by atoms with Crippen molar-refractivity contribution in [2.24, 2.45) is 0 Å². The number of imidazole rings is 1. The minimum atomic E-state index is -4.35. The van der Waals surface area contributed by atoms with Crippen molar-refractivity contribution in [3.63, 3.8) is 0 Å². The minimum Gasteiger partial charge on any atom is -0.387 e. The first-order chi connectivity index (χ1) is 20.2. The number of anilines is 2. The molecule has 0 spiro atoms. The van der Waals surface area contributed by atoms with E-state index >= 15 is 0 Å². The van der Waals surface area contributed by atoms with Crippen molar-refractivity contribution in [2.45, 2.75) is 49.1 Å². The summed E-state index contributed by atoms with van der Waals surface area (Å²) in [6, 6.07) is 1.28. The number of hydrogen-bond donors (Lipinski definition) is 8. The van der Waals surface area contributed by atoms with Crippen LogP contribution in [-0.4, -0.2) is 109 Å². The predicted octanol–water partition coefficient (Wildman–Crippen LogP) is -3.03. The number of nitrogen functional groups attached to an aromatic ring is 2. The number of aliphatic hydroxyl groups is 4. The van der Waals surface area contributed by atoms with E-state index in [4.69, 9.17) is 57.9 Å². The summed E-state index contributed by atoms with van der Waals surface area (Å²) in [5, 5.41) is 41.8. The van der Waals surface area contributed by atoms with Gasteiger partial charge in [-0.25, -0.2) is 24.1 Å². The highest BCUT2D eigenvalue weighted by Gasteiger charge is 2.47. The van der Waals surface area contributed by atoms with Crippen molar-refractivity contribution >= 4 is 59.9 Å². The Labute approximate surface area is 250 Å². The van der Waals surface area contributed by atoms with Crippen LogP contribution in [0.15, 0.2) is 29.7 Å². The molecule has 20 nitrogen and oxygen atoms in total. The molecular formula is C19H26N8O12P2S2.